The van der Waals surface area contributed by atoms with E-state index >= 15 is 0 Å². The molecule has 1 aromatic heterocycles. The zero-order valence-electron chi connectivity index (χ0n) is 11.7. The van der Waals surface area contributed by atoms with Gasteiger partial charge in [0, 0.05) is 24.8 Å². The average molecular weight is 270 g/mol. The van der Waals surface area contributed by atoms with Crippen LogP contribution < -0.4 is 5.32 Å². The molecule has 0 saturated heterocycles. The van der Waals surface area contributed by atoms with Gasteiger partial charge in [-0.25, -0.2) is 0 Å². The molecule has 0 atom stereocenters. The maximum Gasteiger partial charge on any atom is 0.225 e. The van der Waals surface area contributed by atoms with Crippen molar-refractivity contribution in [2.24, 2.45) is 7.05 Å². The highest BCUT2D eigenvalue weighted by molar-refractivity contribution is 6.08. The van der Waals surface area contributed by atoms with Crippen LogP contribution in [0, 0.1) is 0 Å². The quantitative estimate of drug-likeness (QED) is 0.844. The first kappa shape index (κ1) is 14.1. The van der Waals surface area contributed by atoms with Gasteiger partial charge in [0.15, 0.2) is 0 Å². The van der Waals surface area contributed by atoms with E-state index in [1.54, 1.807) is 22.8 Å². The van der Waals surface area contributed by atoms with Crippen molar-refractivity contribution in [2.75, 3.05) is 6.54 Å². The van der Waals surface area contributed by atoms with Crippen molar-refractivity contribution in [3.8, 4) is 0 Å². The Labute approximate surface area is 118 Å². The standard InChI is InChI=1S/C16H18N2O2/c1-3-17-15(19)11-13-9-10-14(18(13)2)16(20)12-7-5-4-6-8-12/h4-10H,3,11H2,1-2H3,(H,17,19). The van der Waals surface area contributed by atoms with Crippen molar-refractivity contribution in [3.05, 3.63) is 59.4 Å². The molecule has 1 heterocycles. The number of amides is 1. The van der Waals surface area contributed by atoms with Gasteiger partial charge in [0.05, 0.1) is 12.1 Å². The van der Waals surface area contributed by atoms with E-state index in [2.05, 4.69) is 5.32 Å². The molecular formula is C16H18N2O2. The highest BCUT2D eigenvalue weighted by atomic mass is 16.1. The van der Waals surface area contributed by atoms with Crippen LogP contribution in [0.4, 0.5) is 0 Å². The molecule has 1 N–H and O–H groups in total. The van der Waals surface area contributed by atoms with E-state index in [9.17, 15) is 9.59 Å². The van der Waals surface area contributed by atoms with Crippen LogP contribution in [-0.4, -0.2) is 22.8 Å². The topological polar surface area (TPSA) is 51.1 Å². The average Bonchev–Trinajstić information content (AvgIpc) is 2.81. The number of ketones is 1. The van der Waals surface area contributed by atoms with Crippen LogP contribution in [-0.2, 0) is 18.3 Å². The molecule has 4 nitrogen and oxygen atoms in total. The molecule has 0 spiro atoms. The predicted molar refractivity (Wildman–Crippen MR) is 77.7 cm³/mol. The SMILES string of the molecule is CCNC(=O)Cc1ccc(C(=O)c2ccccc2)n1C. The fraction of sp³-hybridized carbons (Fsp3) is 0.250. The third kappa shape index (κ3) is 2.96. The van der Waals surface area contributed by atoms with Gasteiger partial charge in [0.25, 0.3) is 0 Å². The van der Waals surface area contributed by atoms with Crippen molar-refractivity contribution in [1.82, 2.24) is 9.88 Å². The van der Waals surface area contributed by atoms with Crippen LogP contribution in [0.15, 0.2) is 42.5 Å². The minimum atomic E-state index is -0.0348. The largest absolute Gasteiger partial charge is 0.356 e. The summed E-state index contributed by atoms with van der Waals surface area (Å²) >= 11 is 0. The number of hydrogen-bond acceptors (Lipinski definition) is 2. The predicted octanol–water partition coefficient (Wildman–Crippen LogP) is 1.93. The summed E-state index contributed by atoms with van der Waals surface area (Å²) < 4.78 is 1.78. The van der Waals surface area contributed by atoms with E-state index in [-0.39, 0.29) is 18.1 Å². The molecule has 2 rings (SSSR count). The lowest BCUT2D eigenvalue weighted by Gasteiger charge is -2.07. The van der Waals surface area contributed by atoms with E-state index in [4.69, 9.17) is 0 Å². The number of carbonyl (C=O) groups is 2. The number of likely N-dealkylation sites (N-methyl/N-ethyl adjacent to an activating group) is 1. The molecule has 4 heteroatoms. The summed E-state index contributed by atoms with van der Waals surface area (Å²) in [6, 6.07) is 12.7. The van der Waals surface area contributed by atoms with Gasteiger partial charge in [0.1, 0.15) is 0 Å². The normalized spacial score (nSPS) is 10.3. The molecule has 20 heavy (non-hydrogen) atoms. The first-order valence-corrected chi connectivity index (χ1v) is 6.64. The molecule has 104 valence electrons. The van der Waals surface area contributed by atoms with E-state index in [0.717, 1.165) is 5.69 Å². The van der Waals surface area contributed by atoms with Crippen LogP contribution in [0.3, 0.4) is 0 Å². The molecule has 0 aliphatic heterocycles. The van der Waals surface area contributed by atoms with Gasteiger partial charge in [-0.15, -0.1) is 0 Å². The van der Waals surface area contributed by atoms with Crippen LogP contribution >= 0.6 is 0 Å². The highest BCUT2D eigenvalue weighted by Gasteiger charge is 2.15. The minimum absolute atomic E-state index is 0.0322. The third-order valence-electron chi connectivity index (χ3n) is 3.21. The Morgan fingerprint density at radius 2 is 1.80 bits per heavy atom. The van der Waals surface area contributed by atoms with Gasteiger partial charge in [-0.1, -0.05) is 30.3 Å². The van der Waals surface area contributed by atoms with Crippen molar-refractivity contribution in [1.29, 1.82) is 0 Å². The van der Waals surface area contributed by atoms with Crippen LogP contribution in [0.5, 0.6) is 0 Å². The lowest BCUT2D eigenvalue weighted by atomic mass is 10.1. The van der Waals surface area contributed by atoms with Gasteiger partial charge >= 0.3 is 0 Å². The number of nitrogens with one attached hydrogen (secondary N) is 1. The molecule has 2 aromatic rings. The second-order valence-electron chi connectivity index (χ2n) is 4.59. The second-order valence-corrected chi connectivity index (χ2v) is 4.59. The molecule has 0 aliphatic carbocycles. The molecule has 0 fully saturated rings. The van der Waals surface area contributed by atoms with Crippen molar-refractivity contribution in [2.45, 2.75) is 13.3 Å². The molecule has 0 bridgehead atoms. The molecular weight excluding hydrogens is 252 g/mol. The number of carbonyl (C=O) groups excluding carboxylic acids is 2. The van der Waals surface area contributed by atoms with Crippen LogP contribution in [0.2, 0.25) is 0 Å². The molecule has 0 saturated carbocycles. The van der Waals surface area contributed by atoms with E-state index in [1.165, 1.54) is 0 Å². The molecule has 0 aliphatic rings. The maximum absolute atomic E-state index is 12.4. The summed E-state index contributed by atoms with van der Waals surface area (Å²) in [4.78, 5) is 24.0. The summed E-state index contributed by atoms with van der Waals surface area (Å²) in [6.07, 6.45) is 0.284. The van der Waals surface area contributed by atoms with Crippen LogP contribution in [0.25, 0.3) is 0 Å². The zero-order valence-corrected chi connectivity index (χ0v) is 11.7. The van der Waals surface area contributed by atoms with Crippen LogP contribution in [0.1, 0.15) is 28.7 Å². The number of nitrogens with zero attached hydrogens (tertiary/aromatic N) is 1. The van der Waals surface area contributed by atoms with Crippen molar-refractivity contribution >= 4 is 11.7 Å². The smallest absolute Gasteiger partial charge is 0.225 e. The van der Waals surface area contributed by atoms with Gasteiger partial charge in [-0.2, -0.15) is 0 Å². The molecule has 0 unspecified atom stereocenters. The van der Waals surface area contributed by atoms with E-state index in [1.807, 2.05) is 38.2 Å². The number of rotatable bonds is 5. The first-order valence-electron chi connectivity index (χ1n) is 6.64. The summed E-state index contributed by atoms with van der Waals surface area (Å²) in [6.45, 7) is 2.49. The van der Waals surface area contributed by atoms with Gasteiger partial charge < -0.3 is 9.88 Å². The Bertz CT molecular complexity index is 615. The number of hydrogen-bond donors (Lipinski definition) is 1. The zero-order chi connectivity index (χ0) is 14.5. The summed E-state index contributed by atoms with van der Waals surface area (Å²) in [5, 5.41) is 2.75. The first-order chi connectivity index (χ1) is 9.63. The Balaban J connectivity index is 2.21. The number of benzene rings is 1. The Morgan fingerprint density at radius 1 is 1.10 bits per heavy atom. The van der Waals surface area contributed by atoms with Gasteiger partial charge in [-0.05, 0) is 19.1 Å². The van der Waals surface area contributed by atoms with Crippen molar-refractivity contribution < 1.29 is 9.59 Å². The Morgan fingerprint density at radius 3 is 2.45 bits per heavy atom. The fourth-order valence-electron chi connectivity index (χ4n) is 2.12. The lowest BCUT2D eigenvalue weighted by molar-refractivity contribution is -0.120. The Hall–Kier alpha value is -2.36. The Kier molecular flexibility index (Phi) is 4.35. The van der Waals surface area contributed by atoms with E-state index in [0.29, 0.717) is 17.8 Å². The summed E-state index contributed by atoms with van der Waals surface area (Å²) in [5.41, 5.74) is 2.07. The minimum Gasteiger partial charge on any atom is -0.356 e. The highest BCUT2D eigenvalue weighted by Crippen LogP contribution is 2.13. The fourth-order valence-corrected chi connectivity index (χ4v) is 2.12. The number of aromatic nitrogens is 1. The molecule has 1 amide bonds. The van der Waals surface area contributed by atoms with Gasteiger partial charge in [0.2, 0.25) is 11.7 Å². The second kappa shape index (κ2) is 6.19. The van der Waals surface area contributed by atoms with E-state index < -0.39 is 0 Å². The maximum atomic E-state index is 12.4. The van der Waals surface area contributed by atoms with Gasteiger partial charge in [-0.3, -0.25) is 9.59 Å². The summed E-state index contributed by atoms with van der Waals surface area (Å²) in [7, 11) is 1.81. The lowest BCUT2D eigenvalue weighted by Crippen LogP contribution is -2.25. The van der Waals surface area contributed by atoms with Crippen molar-refractivity contribution in [3.63, 3.8) is 0 Å². The summed E-state index contributed by atoms with van der Waals surface area (Å²) in [5.74, 6) is -0.0670. The molecule has 1 aromatic carbocycles. The third-order valence-corrected chi connectivity index (χ3v) is 3.21. The monoisotopic (exact) mass is 270 g/mol. The molecule has 0 radical (unpaired) electrons.